The number of halogens is 1. The number of hydrogen-bond acceptors (Lipinski definition) is 6. The summed E-state index contributed by atoms with van der Waals surface area (Å²) in [4.78, 5) is 20.8. The zero-order chi connectivity index (χ0) is 24.8. The van der Waals surface area contributed by atoms with Crippen LogP contribution >= 0.6 is 38.6 Å². The standard InChI is InChI=1S/C28H23BrN2O3S2/c1-3-34-26-20(29)13-16(14-21(26)33-2)15-23-27(32)31-25(22-9-6-12-35-22)19-11-10-17-7-4-5-8-18(17)24(19)30-28(31)36-23/h4-9,12-15,25H,3,10-11H2,1-2H3/b23-15+/t25-/m1/s1. The summed E-state index contributed by atoms with van der Waals surface area (Å²) in [5.74, 6) is 1.27. The normalized spacial score (nSPS) is 16.8. The van der Waals surface area contributed by atoms with Gasteiger partial charge in [-0.1, -0.05) is 41.7 Å². The summed E-state index contributed by atoms with van der Waals surface area (Å²) in [6, 6.07) is 16.4. The molecule has 0 unspecified atom stereocenters. The quantitative estimate of drug-likeness (QED) is 0.312. The number of fused-ring (bicyclic) bond motifs is 3. The number of aryl methyl sites for hydroxylation is 1. The van der Waals surface area contributed by atoms with E-state index in [9.17, 15) is 4.79 Å². The maximum atomic E-state index is 13.8. The van der Waals surface area contributed by atoms with Crippen molar-refractivity contribution in [2.75, 3.05) is 13.7 Å². The summed E-state index contributed by atoms with van der Waals surface area (Å²) in [5, 5.41) is 2.08. The molecule has 0 radical (unpaired) electrons. The van der Waals surface area contributed by atoms with Crippen LogP contribution in [0, 0.1) is 0 Å². The molecule has 1 aliphatic heterocycles. The van der Waals surface area contributed by atoms with Gasteiger partial charge in [0.15, 0.2) is 16.3 Å². The number of ether oxygens (including phenoxy) is 2. The van der Waals surface area contributed by atoms with E-state index in [2.05, 4.69) is 57.7 Å². The van der Waals surface area contributed by atoms with E-state index in [0.717, 1.165) is 38.3 Å². The Labute approximate surface area is 224 Å². The van der Waals surface area contributed by atoms with Gasteiger partial charge in [0.25, 0.3) is 5.56 Å². The first kappa shape index (κ1) is 23.5. The van der Waals surface area contributed by atoms with Crippen LogP contribution < -0.4 is 24.4 Å². The van der Waals surface area contributed by atoms with Gasteiger partial charge in [-0.2, -0.15) is 0 Å². The van der Waals surface area contributed by atoms with Crippen LogP contribution in [0.25, 0.3) is 11.8 Å². The van der Waals surface area contributed by atoms with E-state index < -0.39 is 0 Å². The second kappa shape index (κ2) is 9.50. The third kappa shape index (κ3) is 3.88. The van der Waals surface area contributed by atoms with Crippen LogP contribution in [0.5, 0.6) is 11.5 Å². The zero-order valence-electron chi connectivity index (χ0n) is 19.8. The largest absolute Gasteiger partial charge is 0.493 e. The number of rotatable bonds is 5. The van der Waals surface area contributed by atoms with Crippen LogP contribution in [0.4, 0.5) is 0 Å². The zero-order valence-corrected chi connectivity index (χ0v) is 23.0. The molecule has 2 aliphatic rings. The molecule has 8 heteroatoms. The second-order valence-corrected chi connectivity index (χ2v) is 11.4. The highest BCUT2D eigenvalue weighted by molar-refractivity contribution is 9.10. The van der Waals surface area contributed by atoms with Gasteiger partial charge in [0, 0.05) is 10.4 Å². The number of allylic oxidation sites excluding steroid dienone is 1. The maximum absolute atomic E-state index is 13.8. The van der Waals surface area contributed by atoms with Gasteiger partial charge >= 0.3 is 0 Å². The van der Waals surface area contributed by atoms with Gasteiger partial charge in [0.2, 0.25) is 0 Å². The number of methoxy groups -OCH3 is 1. The predicted molar refractivity (Wildman–Crippen MR) is 149 cm³/mol. The molecule has 36 heavy (non-hydrogen) atoms. The molecule has 3 heterocycles. The van der Waals surface area contributed by atoms with Gasteiger partial charge in [-0.05, 0) is 82.1 Å². The smallest absolute Gasteiger partial charge is 0.271 e. The topological polar surface area (TPSA) is 52.8 Å². The highest BCUT2D eigenvalue weighted by Gasteiger charge is 2.33. The number of benzene rings is 2. The first-order chi connectivity index (χ1) is 17.6. The highest BCUT2D eigenvalue weighted by atomic mass is 79.9. The monoisotopic (exact) mass is 578 g/mol. The molecule has 1 aliphatic carbocycles. The van der Waals surface area contributed by atoms with E-state index in [1.54, 1.807) is 18.4 Å². The SMILES string of the molecule is CCOc1c(Br)cc(/C=c2/sc3n(c2=O)[C@@H](c2cccs2)C2=C(N=3)c3ccccc3CC2)cc1OC. The summed E-state index contributed by atoms with van der Waals surface area (Å²) in [5.41, 5.74) is 5.57. The van der Waals surface area contributed by atoms with Gasteiger partial charge in [0.1, 0.15) is 0 Å². The number of nitrogens with zero attached hydrogens (tertiary/aromatic N) is 2. The molecule has 2 aromatic heterocycles. The van der Waals surface area contributed by atoms with Crippen molar-refractivity contribution >= 4 is 50.4 Å². The highest BCUT2D eigenvalue weighted by Crippen LogP contribution is 2.42. The van der Waals surface area contributed by atoms with Crippen molar-refractivity contribution in [2.45, 2.75) is 25.8 Å². The number of thiophene rings is 1. The Morgan fingerprint density at radius 1 is 1.19 bits per heavy atom. The van der Waals surface area contributed by atoms with Crippen molar-refractivity contribution in [3.63, 3.8) is 0 Å². The predicted octanol–water partition coefficient (Wildman–Crippen LogP) is 5.55. The Morgan fingerprint density at radius 3 is 2.83 bits per heavy atom. The maximum Gasteiger partial charge on any atom is 0.271 e. The molecule has 0 saturated heterocycles. The van der Waals surface area contributed by atoms with E-state index in [4.69, 9.17) is 14.5 Å². The van der Waals surface area contributed by atoms with Crippen molar-refractivity contribution in [3.05, 3.63) is 105 Å². The fraction of sp³-hybridized carbons (Fsp3) is 0.214. The molecule has 5 nitrogen and oxygen atoms in total. The lowest BCUT2D eigenvalue weighted by Crippen LogP contribution is -2.38. The minimum atomic E-state index is -0.131. The van der Waals surface area contributed by atoms with Crippen LogP contribution in [0.2, 0.25) is 0 Å². The van der Waals surface area contributed by atoms with Gasteiger partial charge in [-0.25, -0.2) is 4.99 Å². The third-order valence-electron chi connectivity index (χ3n) is 6.52. The number of hydrogen-bond donors (Lipinski definition) is 0. The first-order valence-electron chi connectivity index (χ1n) is 11.8. The van der Waals surface area contributed by atoms with Crippen LogP contribution in [-0.2, 0) is 6.42 Å². The van der Waals surface area contributed by atoms with Gasteiger partial charge in [0.05, 0.1) is 34.5 Å². The molecule has 4 aromatic rings. The minimum Gasteiger partial charge on any atom is -0.493 e. The van der Waals surface area contributed by atoms with Crippen molar-refractivity contribution in [2.24, 2.45) is 4.99 Å². The Hall–Kier alpha value is -2.94. The summed E-state index contributed by atoms with van der Waals surface area (Å²) in [6.07, 6.45) is 3.76. The van der Waals surface area contributed by atoms with E-state index in [1.807, 2.05) is 29.7 Å². The lowest BCUT2D eigenvalue weighted by Gasteiger charge is -2.30. The van der Waals surface area contributed by atoms with E-state index >= 15 is 0 Å². The molecule has 0 N–H and O–H groups in total. The second-order valence-electron chi connectivity index (χ2n) is 8.60. The van der Waals surface area contributed by atoms with E-state index in [-0.39, 0.29) is 11.6 Å². The molecule has 0 fully saturated rings. The fourth-order valence-electron chi connectivity index (χ4n) is 4.98. The average Bonchev–Trinajstić information content (AvgIpc) is 3.53. The Bertz CT molecular complexity index is 1680. The molecule has 6 rings (SSSR count). The van der Waals surface area contributed by atoms with Crippen molar-refractivity contribution < 1.29 is 9.47 Å². The minimum absolute atomic E-state index is 0.0217. The molecule has 1 atom stereocenters. The Morgan fingerprint density at radius 2 is 2.06 bits per heavy atom. The van der Waals surface area contributed by atoms with Gasteiger partial charge < -0.3 is 9.47 Å². The van der Waals surface area contributed by atoms with Crippen LogP contribution in [0.15, 0.2) is 73.7 Å². The van der Waals surface area contributed by atoms with Crippen LogP contribution in [0.1, 0.15) is 41.0 Å². The number of thiazole rings is 1. The summed E-state index contributed by atoms with van der Waals surface area (Å²) < 4.78 is 14.6. The molecule has 0 saturated carbocycles. The molecule has 0 amide bonds. The van der Waals surface area contributed by atoms with E-state index in [0.29, 0.717) is 22.6 Å². The lowest BCUT2D eigenvalue weighted by molar-refractivity contribution is 0.309. The molecule has 182 valence electrons. The molecular formula is C28H23BrN2O3S2. The summed E-state index contributed by atoms with van der Waals surface area (Å²) in [7, 11) is 1.62. The first-order valence-corrected chi connectivity index (χ1v) is 14.2. The molecule has 0 bridgehead atoms. The lowest BCUT2D eigenvalue weighted by atomic mass is 9.85. The van der Waals surface area contributed by atoms with Gasteiger partial charge in [-0.3, -0.25) is 9.36 Å². The Balaban J connectivity index is 1.56. The summed E-state index contributed by atoms with van der Waals surface area (Å²) >= 11 is 6.71. The molecule has 0 spiro atoms. The van der Waals surface area contributed by atoms with Crippen molar-refractivity contribution in [1.82, 2.24) is 4.57 Å². The van der Waals surface area contributed by atoms with E-state index in [1.165, 1.54) is 28.0 Å². The summed E-state index contributed by atoms with van der Waals surface area (Å²) in [6.45, 7) is 2.46. The average molecular weight is 580 g/mol. The molecule has 2 aromatic carbocycles. The third-order valence-corrected chi connectivity index (χ3v) is 9.02. The van der Waals surface area contributed by atoms with Crippen molar-refractivity contribution in [3.8, 4) is 11.5 Å². The van der Waals surface area contributed by atoms with Crippen LogP contribution in [-0.4, -0.2) is 18.3 Å². The van der Waals surface area contributed by atoms with Crippen LogP contribution in [0.3, 0.4) is 0 Å². The number of aromatic nitrogens is 1. The fourth-order valence-corrected chi connectivity index (χ4v) is 7.40. The van der Waals surface area contributed by atoms with Gasteiger partial charge in [-0.15, -0.1) is 11.3 Å². The van der Waals surface area contributed by atoms with Crippen molar-refractivity contribution in [1.29, 1.82) is 0 Å². The Kier molecular flexibility index (Phi) is 6.19. The molecular weight excluding hydrogens is 556 g/mol.